The average Bonchev–Trinajstić information content (AvgIpc) is 2.65. The Kier molecular flexibility index (Phi) is 4.83. The largest absolute Gasteiger partial charge is 0.494 e. The van der Waals surface area contributed by atoms with Gasteiger partial charge in [-0.3, -0.25) is 4.79 Å². The summed E-state index contributed by atoms with van der Waals surface area (Å²) in [6, 6.07) is 0. The summed E-state index contributed by atoms with van der Waals surface area (Å²) < 4.78 is 12.3. The Morgan fingerprint density at radius 3 is 2.18 bits per heavy atom. The molecule has 1 saturated heterocycles. The summed E-state index contributed by atoms with van der Waals surface area (Å²) in [5.41, 5.74) is 2.17. The van der Waals surface area contributed by atoms with E-state index in [1.165, 1.54) is 0 Å². The maximum atomic E-state index is 11.8. The molecule has 0 aromatic carbocycles. The summed E-state index contributed by atoms with van der Waals surface area (Å²) in [6.45, 7) is 11.9. The van der Waals surface area contributed by atoms with Gasteiger partial charge in [0.1, 0.15) is 0 Å². The molecule has 0 saturated carbocycles. The van der Waals surface area contributed by atoms with Crippen LogP contribution in [-0.4, -0.2) is 24.1 Å². The SMILES string of the molecule is CC(=O)C1=C\CCC\C=C(B2OC(C)(C)C(C)(C)O2)/C(C)=C\1. The molecular weight excluding hydrogens is 275 g/mol. The highest BCUT2D eigenvalue weighted by atomic mass is 16.7. The van der Waals surface area contributed by atoms with Crippen LogP contribution in [0.4, 0.5) is 0 Å². The zero-order chi connectivity index (χ0) is 16.5. The van der Waals surface area contributed by atoms with Gasteiger partial charge in [-0.2, -0.15) is 0 Å². The molecule has 4 heteroatoms. The smallest absolute Gasteiger partial charge is 0.399 e. The molecule has 3 nitrogen and oxygen atoms in total. The van der Waals surface area contributed by atoms with E-state index in [2.05, 4.69) is 33.8 Å². The van der Waals surface area contributed by atoms with Crippen molar-refractivity contribution in [2.45, 2.75) is 72.0 Å². The van der Waals surface area contributed by atoms with Crippen molar-refractivity contribution in [3.63, 3.8) is 0 Å². The normalized spacial score (nSPS) is 31.7. The van der Waals surface area contributed by atoms with E-state index in [1.807, 2.05) is 19.1 Å². The van der Waals surface area contributed by atoms with Crippen molar-refractivity contribution >= 4 is 12.9 Å². The fourth-order valence-corrected chi connectivity index (χ4v) is 2.67. The molecule has 2 rings (SSSR count). The highest BCUT2D eigenvalue weighted by Gasteiger charge is 2.52. The van der Waals surface area contributed by atoms with Crippen LogP contribution in [0.15, 0.2) is 34.8 Å². The minimum atomic E-state index is -0.368. The van der Waals surface area contributed by atoms with Gasteiger partial charge in [-0.15, -0.1) is 0 Å². The van der Waals surface area contributed by atoms with Crippen molar-refractivity contribution in [3.8, 4) is 0 Å². The Labute approximate surface area is 134 Å². The fraction of sp³-hybridized carbons (Fsp3) is 0.611. The lowest BCUT2D eigenvalue weighted by atomic mass is 9.73. The minimum Gasteiger partial charge on any atom is -0.399 e. The zero-order valence-corrected chi connectivity index (χ0v) is 14.7. The lowest BCUT2D eigenvalue weighted by molar-refractivity contribution is -0.113. The molecule has 0 unspecified atom stereocenters. The Hall–Kier alpha value is -1.13. The number of hydrogen-bond acceptors (Lipinski definition) is 3. The third kappa shape index (κ3) is 3.44. The second-order valence-corrected chi connectivity index (χ2v) is 7.22. The highest BCUT2D eigenvalue weighted by molar-refractivity contribution is 6.56. The molecule has 0 spiro atoms. The van der Waals surface area contributed by atoms with Gasteiger partial charge in [0.2, 0.25) is 0 Å². The second kappa shape index (κ2) is 6.17. The molecule has 0 aromatic rings. The molecule has 22 heavy (non-hydrogen) atoms. The topological polar surface area (TPSA) is 35.5 Å². The van der Waals surface area contributed by atoms with Gasteiger partial charge in [0.05, 0.1) is 11.2 Å². The van der Waals surface area contributed by atoms with Gasteiger partial charge < -0.3 is 9.31 Å². The molecule has 0 N–H and O–H groups in total. The molecule has 1 aliphatic carbocycles. The maximum absolute atomic E-state index is 11.8. The molecule has 0 aromatic heterocycles. The van der Waals surface area contributed by atoms with Crippen LogP contribution in [0.3, 0.4) is 0 Å². The standard InChI is InChI=1S/C18H27BO3/c1-13-12-15(14(2)20)10-8-7-9-11-16(13)19-21-17(3,4)18(5,6)22-19/h10-12H,7-9H2,1-6H3/b13-12-,15-10-,16-11+. The highest BCUT2D eigenvalue weighted by Crippen LogP contribution is 2.40. The van der Waals surface area contributed by atoms with E-state index >= 15 is 0 Å². The second-order valence-electron chi connectivity index (χ2n) is 7.22. The summed E-state index contributed by atoms with van der Waals surface area (Å²) >= 11 is 0. The van der Waals surface area contributed by atoms with Crippen LogP contribution in [0.5, 0.6) is 0 Å². The Balaban J connectivity index is 2.34. The minimum absolute atomic E-state index is 0.106. The van der Waals surface area contributed by atoms with Crippen LogP contribution >= 0.6 is 0 Å². The van der Waals surface area contributed by atoms with Crippen LogP contribution in [0, 0.1) is 0 Å². The van der Waals surface area contributed by atoms with E-state index in [0.717, 1.165) is 35.9 Å². The van der Waals surface area contributed by atoms with Crippen molar-refractivity contribution in [2.24, 2.45) is 0 Å². The van der Waals surface area contributed by atoms with E-state index in [9.17, 15) is 4.79 Å². The van der Waals surface area contributed by atoms with Gasteiger partial charge in [-0.05, 0) is 72.4 Å². The number of carbonyl (C=O) groups is 1. The first kappa shape index (κ1) is 17.2. The summed E-state index contributed by atoms with van der Waals surface area (Å²) in [5.74, 6) is 0.106. The summed E-state index contributed by atoms with van der Waals surface area (Å²) in [4.78, 5) is 11.8. The number of rotatable bonds is 2. The number of carbonyl (C=O) groups excluding carboxylic acids is 1. The molecule has 120 valence electrons. The average molecular weight is 302 g/mol. The number of Topliss-reactive ketones (excluding diaryl/α,β-unsaturated/α-hetero) is 1. The van der Waals surface area contributed by atoms with Gasteiger partial charge in [-0.1, -0.05) is 17.7 Å². The van der Waals surface area contributed by atoms with Crippen molar-refractivity contribution in [1.29, 1.82) is 0 Å². The van der Waals surface area contributed by atoms with Crippen molar-refractivity contribution < 1.29 is 14.1 Å². The molecule has 0 amide bonds. The fourth-order valence-electron chi connectivity index (χ4n) is 2.67. The van der Waals surface area contributed by atoms with Crippen molar-refractivity contribution in [2.75, 3.05) is 0 Å². The van der Waals surface area contributed by atoms with Crippen LogP contribution in [-0.2, 0) is 14.1 Å². The van der Waals surface area contributed by atoms with Crippen LogP contribution in [0.1, 0.15) is 60.8 Å². The van der Waals surface area contributed by atoms with E-state index in [4.69, 9.17) is 9.31 Å². The molecule has 0 bridgehead atoms. The first-order valence-electron chi connectivity index (χ1n) is 8.09. The van der Waals surface area contributed by atoms with Crippen LogP contribution < -0.4 is 0 Å². The first-order chi connectivity index (χ1) is 10.1. The number of allylic oxidation sites excluding steroid dienone is 6. The molecule has 0 radical (unpaired) electrons. The molecular formula is C18H27BO3. The maximum Gasteiger partial charge on any atom is 0.494 e. The molecule has 1 heterocycles. The molecule has 0 atom stereocenters. The summed E-state index contributed by atoms with van der Waals surface area (Å²) in [5, 5.41) is 0. The first-order valence-corrected chi connectivity index (χ1v) is 8.09. The van der Waals surface area contributed by atoms with Gasteiger partial charge in [-0.25, -0.2) is 0 Å². The summed E-state index contributed by atoms with van der Waals surface area (Å²) in [7, 11) is -0.368. The third-order valence-corrected chi connectivity index (χ3v) is 4.88. The quantitative estimate of drug-likeness (QED) is 0.717. The number of hydrogen-bond donors (Lipinski definition) is 0. The van der Waals surface area contributed by atoms with E-state index in [1.54, 1.807) is 6.92 Å². The Morgan fingerprint density at radius 1 is 1.09 bits per heavy atom. The van der Waals surface area contributed by atoms with Crippen molar-refractivity contribution in [1.82, 2.24) is 0 Å². The van der Waals surface area contributed by atoms with Crippen LogP contribution in [0.2, 0.25) is 0 Å². The lowest BCUT2D eigenvalue weighted by Crippen LogP contribution is -2.41. The molecule has 1 fully saturated rings. The van der Waals surface area contributed by atoms with E-state index < -0.39 is 0 Å². The third-order valence-electron chi connectivity index (χ3n) is 4.88. The zero-order valence-electron chi connectivity index (χ0n) is 14.7. The predicted octanol–water partition coefficient (Wildman–Crippen LogP) is 4.19. The Bertz CT molecular complexity index is 537. The van der Waals surface area contributed by atoms with E-state index in [-0.39, 0.29) is 24.1 Å². The van der Waals surface area contributed by atoms with Gasteiger partial charge in [0.25, 0.3) is 0 Å². The van der Waals surface area contributed by atoms with E-state index in [0.29, 0.717) is 0 Å². The summed E-state index contributed by atoms with van der Waals surface area (Å²) in [6.07, 6.45) is 9.11. The van der Waals surface area contributed by atoms with Gasteiger partial charge in [0, 0.05) is 5.57 Å². The van der Waals surface area contributed by atoms with Gasteiger partial charge in [0.15, 0.2) is 5.78 Å². The molecule has 1 aliphatic heterocycles. The monoisotopic (exact) mass is 302 g/mol. The molecule has 2 aliphatic rings. The van der Waals surface area contributed by atoms with Crippen LogP contribution in [0.25, 0.3) is 0 Å². The number of ketones is 1. The van der Waals surface area contributed by atoms with Gasteiger partial charge >= 0.3 is 7.12 Å². The predicted molar refractivity (Wildman–Crippen MR) is 90.5 cm³/mol. The van der Waals surface area contributed by atoms with Crippen molar-refractivity contribution in [3.05, 3.63) is 34.8 Å². The lowest BCUT2D eigenvalue weighted by Gasteiger charge is -2.32. The Morgan fingerprint density at radius 2 is 1.64 bits per heavy atom.